The fraction of sp³-hybridized carbons (Fsp3) is 0.467. The molecule has 0 aliphatic carbocycles. The van der Waals surface area contributed by atoms with E-state index in [1.165, 1.54) is 12.1 Å². The number of nitrogens with one attached hydrogen (secondary N) is 1. The first-order chi connectivity index (χ1) is 11.4. The Morgan fingerprint density at radius 2 is 2.21 bits per heavy atom. The first-order valence-corrected chi connectivity index (χ1v) is 7.39. The molecule has 1 saturated heterocycles. The van der Waals surface area contributed by atoms with Crippen molar-refractivity contribution in [1.29, 1.82) is 0 Å². The second-order valence-electron chi connectivity index (χ2n) is 5.40. The maximum atomic E-state index is 13.3. The van der Waals surface area contributed by atoms with Crippen molar-refractivity contribution in [3.63, 3.8) is 0 Å². The third-order valence-electron chi connectivity index (χ3n) is 3.69. The van der Waals surface area contributed by atoms with Crippen LogP contribution in [0.4, 0.5) is 18.0 Å². The van der Waals surface area contributed by atoms with Gasteiger partial charge in [0.1, 0.15) is 24.7 Å². The van der Waals surface area contributed by atoms with Crippen LogP contribution in [0.3, 0.4) is 0 Å². The van der Waals surface area contributed by atoms with Crippen molar-refractivity contribution < 1.29 is 32.2 Å². The molecule has 2 aliphatic rings. The van der Waals surface area contributed by atoms with E-state index in [4.69, 9.17) is 14.2 Å². The van der Waals surface area contributed by atoms with E-state index in [9.17, 15) is 18.0 Å². The van der Waals surface area contributed by atoms with E-state index >= 15 is 0 Å². The van der Waals surface area contributed by atoms with Gasteiger partial charge in [0.15, 0.2) is 0 Å². The number of hydrazone groups is 1. The monoisotopic (exact) mass is 344 g/mol. The van der Waals surface area contributed by atoms with Gasteiger partial charge in [-0.2, -0.15) is 18.3 Å². The number of alkyl halides is 3. The largest absolute Gasteiger partial charge is 0.490 e. The third kappa shape index (κ3) is 3.78. The quantitative estimate of drug-likeness (QED) is 0.912. The minimum absolute atomic E-state index is 0.0720. The molecule has 2 heterocycles. The highest BCUT2D eigenvalue weighted by atomic mass is 19.4. The SMILES string of the molecule is O=C1NN=C(c2ccc(OC[C@H]3CCCO3)c(C(F)(F)F)c2)CO1. The number of amides is 1. The Hall–Kier alpha value is -2.29. The van der Waals surface area contributed by atoms with E-state index in [1.807, 2.05) is 0 Å². The van der Waals surface area contributed by atoms with Crippen LogP contribution in [-0.2, 0) is 15.7 Å². The van der Waals surface area contributed by atoms with Crippen LogP contribution in [0.25, 0.3) is 0 Å². The number of rotatable bonds is 4. The molecule has 24 heavy (non-hydrogen) atoms. The summed E-state index contributed by atoms with van der Waals surface area (Å²) in [7, 11) is 0. The van der Waals surface area contributed by atoms with E-state index in [-0.39, 0.29) is 36.3 Å². The highest BCUT2D eigenvalue weighted by Crippen LogP contribution is 2.37. The first-order valence-electron chi connectivity index (χ1n) is 7.39. The number of benzene rings is 1. The number of halogens is 3. The lowest BCUT2D eigenvalue weighted by Crippen LogP contribution is -2.30. The second kappa shape index (κ2) is 6.68. The average molecular weight is 344 g/mol. The number of nitrogens with zero attached hydrogens (tertiary/aromatic N) is 1. The Morgan fingerprint density at radius 1 is 1.38 bits per heavy atom. The molecule has 2 aliphatic heterocycles. The minimum Gasteiger partial charge on any atom is -0.490 e. The highest BCUT2D eigenvalue weighted by molar-refractivity contribution is 6.03. The van der Waals surface area contributed by atoms with Crippen molar-refractivity contribution in [2.24, 2.45) is 5.10 Å². The van der Waals surface area contributed by atoms with Gasteiger partial charge >= 0.3 is 12.3 Å². The summed E-state index contributed by atoms with van der Waals surface area (Å²) in [6.07, 6.45) is -3.86. The molecule has 0 bridgehead atoms. The van der Waals surface area contributed by atoms with Gasteiger partial charge < -0.3 is 14.2 Å². The molecule has 0 spiro atoms. The predicted molar refractivity (Wildman–Crippen MR) is 76.9 cm³/mol. The van der Waals surface area contributed by atoms with Gasteiger partial charge in [-0.25, -0.2) is 10.2 Å². The summed E-state index contributed by atoms with van der Waals surface area (Å²) in [5.74, 6) is -0.261. The van der Waals surface area contributed by atoms with Crippen LogP contribution in [0.15, 0.2) is 23.3 Å². The predicted octanol–water partition coefficient (Wildman–Crippen LogP) is 2.71. The number of hydrogen-bond acceptors (Lipinski definition) is 5. The molecule has 3 rings (SSSR count). The van der Waals surface area contributed by atoms with Gasteiger partial charge in [0, 0.05) is 12.2 Å². The molecule has 1 N–H and O–H groups in total. The standard InChI is InChI=1S/C15H15F3N2O4/c16-15(17,18)11-6-9(12-8-24-14(21)20-19-12)3-4-13(11)23-7-10-2-1-5-22-10/h3-4,6,10H,1-2,5,7-8H2,(H,20,21)/t10-/m1/s1. The molecule has 130 valence electrons. The summed E-state index contributed by atoms with van der Waals surface area (Å²) in [4.78, 5) is 10.9. The highest BCUT2D eigenvalue weighted by Gasteiger charge is 2.35. The molecule has 0 radical (unpaired) electrons. The number of carbonyl (C=O) groups is 1. The van der Waals surface area contributed by atoms with E-state index in [1.54, 1.807) is 0 Å². The third-order valence-corrected chi connectivity index (χ3v) is 3.69. The fourth-order valence-electron chi connectivity index (χ4n) is 2.47. The fourth-order valence-corrected chi connectivity index (χ4v) is 2.47. The van der Waals surface area contributed by atoms with Crippen molar-refractivity contribution in [2.45, 2.75) is 25.1 Å². The lowest BCUT2D eigenvalue weighted by atomic mass is 10.1. The van der Waals surface area contributed by atoms with E-state index in [2.05, 4.69) is 10.5 Å². The zero-order valence-corrected chi connectivity index (χ0v) is 12.6. The van der Waals surface area contributed by atoms with Crippen molar-refractivity contribution in [3.8, 4) is 5.75 Å². The maximum Gasteiger partial charge on any atom is 0.428 e. The second-order valence-corrected chi connectivity index (χ2v) is 5.40. The summed E-state index contributed by atoms with van der Waals surface area (Å²) < 4.78 is 55.3. The molecule has 0 saturated carbocycles. The van der Waals surface area contributed by atoms with E-state index in [0.717, 1.165) is 18.9 Å². The number of hydrogen-bond donors (Lipinski definition) is 1. The number of cyclic esters (lactones) is 1. The molecule has 1 atom stereocenters. The molecule has 1 amide bonds. The number of carbonyl (C=O) groups excluding carboxylic acids is 1. The Bertz CT molecular complexity index is 655. The smallest absolute Gasteiger partial charge is 0.428 e. The van der Waals surface area contributed by atoms with Crippen molar-refractivity contribution in [1.82, 2.24) is 5.43 Å². The Kier molecular flexibility index (Phi) is 4.61. The van der Waals surface area contributed by atoms with Crippen molar-refractivity contribution >= 4 is 11.8 Å². The van der Waals surface area contributed by atoms with Crippen LogP contribution >= 0.6 is 0 Å². The topological polar surface area (TPSA) is 69.2 Å². The van der Waals surface area contributed by atoms with Crippen LogP contribution in [0.1, 0.15) is 24.0 Å². The van der Waals surface area contributed by atoms with Gasteiger partial charge in [0.25, 0.3) is 0 Å². The van der Waals surface area contributed by atoms with Crippen molar-refractivity contribution in [2.75, 3.05) is 19.8 Å². The van der Waals surface area contributed by atoms with Crippen LogP contribution in [0.5, 0.6) is 5.75 Å². The van der Waals surface area contributed by atoms with Crippen LogP contribution in [-0.4, -0.2) is 37.7 Å². The maximum absolute atomic E-state index is 13.3. The molecule has 6 nitrogen and oxygen atoms in total. The van der Waals surface area contributed by atoms with Gasteiger partial charge in [0.2, 0.25) is 0 Å². The Labute approximate surface area is 135 Å². The summed E-state index contributed by atoms with van der Waals surface area (Å²) in [6.45, 7) is 0.479. The zero-order valence-electron chi connectivity index (χ0n) is 12.6. The Balaban J connectivity index is 1.82. The lowest BCUT2D eigenvalue weighted by Gasteiger charge is -2.18. The zero-order chi connectivity index (χ0) is 17.2. The van der Waals surface area contributed by atoms with Gasteiger partial charge in [0.05, 0.1) is 11.7 Å². The summed E-state index contributed by atoms with van der Waals surface area (Å²) >= 11 is 0. The van der Waals surface area contributed by atoms with Crippen LogP contribution in [0.2, 0.25) is 0 Å². The molecule has 1 fully saturated rings. The van der Waals surface area contributed by atoms with Gasteiger partial charge in [-0.3, -0.25) is 0 Å². The van der Waals surface area contributed by atoms with Gasteiger partial charge in [-0.15, -0.1) is 0 Å². The summed E-state index contributed by atoms with van der Waals surface area (Å²) in [5, 5.41) is 3.71. The van der Waals surface area contributed by atoms with E-state index in [0.29, 0.717) is 6.61 Å². The van der Waals surface area contributed by atoms with Gasteiger partial charge in [-0.05, 0) is 31.0 Å². The normalized spacial score (nSPS) is 21.0. The molecule has 0 unspecified atom stereocenters. The molecule has 1 aromatic rings. The molecule has 0 aromatic heterocycles. The molecular weight excluding hydrogens is 329 g/mol. The van der Waals surface area contributed by atoms with Crippen molar-refractivity contribution in [3.05, 3.63) is 29.3 Å². The van der Waals surface area contributed by atoms with E-state index < -0.39 is 17.8 Å². The molecule has 1 aromatic carbocycles. The molecular formula is C15H15F3N2O4. The number of ether oxygens (including phenoxy) is 3. The Morgan fingerprint density at radius 3 is 2.83 bits per heavy atom. The lowest BCUT2D eigenvalue weighted by molar-refractivity contribution is -0.139. The van der Waals surface area contributed by atoms with Crippen LogP contribution in [0, 0.1) is 0 Å². The minimum atomic E-state index is -4.58. The average Bonchev–Trinajstić information content (AvgIpc) is 3.06. The first kappa shape index (κ1) is 16.6. The summed E-state index contributed by atoms with van der Waals surface area (Å²) in [5.41, 5.74) is 1.56. The summed E-state index contributed by atoms with van der Waals surface area (Å²) in [6, 6.07) is 3.62. The van der Waals surface area contributed by atoms with Crippen LogP contribution < -0.4 is 10.2 Å². The molecule has 9 heteroatoms. The van der Waals surface area contributed by atoms with Gasteiger partial charge in [-0.1, -0.05) is 0 Å².